The van der Waals surface area contributed by atoms with Crippen LogP contribution in [-0.2, 0) is 16.6 Å². The number of carbonyl (C=O) groups excluding carboxylic acids is 1. The van der Waals surface area contributed by atoms with Gasteiger partial charge in [-0.25, -0.2) is 0 Å². The number of benzene rings is 2. The third-order valence-electron chi connectivity index (χ3n) is 4.21. The standard InChI is InChI=1S/C20H26N2O/c1-20(2,17-12-8-5-9-13-17)15-22-19(23)18(21-3)14-16-10-6-4-7-11-16/h4-13,18,21H,14-15H2,1-3H3,(H,22,23)/t18-/m0/s1. The van der Waals surface area contributed by atoms with Gasteiger partial charge in [-0.15, -0.1) is 0 Å². The summed E-state index contributed by atoms with van der Waals surface area (Å²) in [7, 11) is 1.83. The lowest BCUT2D eigenvalue weighted by Gasteiger charge is -2.27. The van der Waals surface area contributed by atoms with Crippen LogP contribution in [0.15, 0.2) is 60.7 Å². The number of rotatable bonds is 7. The van der Waals surface area contributed by atoms with Crippen molar-refractivity contribution in [3.05, 3.63) is 71.8 Å². The molecule has 1 atom stereocenters. The minimum Gasteiger partial charge on any atom is -0.354 e. The van der Waals surface area contributed by atoms with E-state index in [2.05, 4.69) is 36.6 Å². The highest BCUT2D eigenvalue weighted by Gasteiger charge is 2.23. The van der Waals surface area contributed by atoms with E-state index in [0.717, 1.165) is 5.56 Å². The van der Waals surface area contributed by atoms with E-state index in [-0.39, 0.29) is 17.4 Å². The predicted octanol–water partition coefficient (Wildman–Crippen LogP) is 2.91. The summed E-state index contributed by atoms with van der Waals surface area (Å²) >= 11 is 0. The number of hydrogen-bond acceptors (Lipinski definition) is 2. The zero-order valence-electron chi connectivity index (χ0n) is 14.2. The highest BCUT2D eigenvalue weighted by molar-refractivity contribution is 5.82. The molecule has 23 heavy (non-hydrogen) atoms. The number of nitrogens with one attached hydrogen (secondary N) is 2. The van der Waals surface area contributed by atoms with Crippen LogP contribution in [0, 0.1) is 0 Å². The van der Waals surface area contributed by atoms with E-state index in [1.807, 2.05) is 55.6 Å². The molecule has 0 unspecified atom stereocenters. The molecule has 0 saturated heterocycles. The Bertz CT molecular complexity index is 608. The van der Waals surface area contributed by atoms with Crippen molar-refractivity contribution in [2.24, 2.45) is 0 Å². The lowest BCUT2D eigenvalue weighted by atomic mass is 9.84. The molecule has 0 aliphatic carbocycles. The Hall–Kier alpha value is -2.13. The van der Waals surface area contributed by atoms with Crippen LogP contribution in [0.25, 0.3) is 0 Å². The van der Waals surface area contributed by atoms with Crippen LogP contribution in [0.5, 0.6) is 0 Å². The first kappa shape index (κ1) is 17.2. The quantitative estimate of drug-likeness (QED) is 0.825. The van der Waals surface area contributed by atoms with Crippen molar-refractivity contribution in [1.29, 1.82) is 0 Å². The molecule has 0 heterocycles. The molecule has 0 spiro atoms. The van der Waals surface area contributed by atoms with Crippen LogP contribution in [0.3, 0.4) is 0 Å². The van der Waals surface area contributed by atoms with Crippen molar-refractivity contribution in [3.8, 4) is 0 Å². The van der Waals surface area contributed by atoms with Gasteiger partial charge < -0.3 is 10.6 Å². The first-order valence-electron chi connectivity index (χ1n) is 8.07. The highest BCUT2D eigenvalue weighted by Crippen LogP contribution is 2.21. The van der Waals surface area contributed by atoms with Gasteiger partial charge in [-0.3, -0.25) is 4.79 Å². The van der Waals surface area contributed by atoms with E-state index in [1.165, 1.54) is 5.56 Å². The summed E-state index contributed by atoms with van der Waals surface area (Å²) in [6.45, 7) is 4.91. The molecule has 0 aromatic heterocycles. The lowest BCUT2D eigenvalue weighted by Crippen LogP contribution is -2.47. The second-order valence-electron chi connectivity index (χ2n) is 6.50. The minimum absolute atomic E-state index is 0.0420. The number of carbonyl (C=O) groups is 1. The van der Waals surface area contributed by atoms with Crippen molar-refractivity contribution < 1.29 is 4.79 Å². The molecule has 0 aliphatic rings. The number of hydrogen-bond donors (Lipinski definition) is 2. The van der Waals surface area contributed by atoms with E-state index < -0.39 is 0 Å². The van der Waals surface area contributed by atoms with Gasteiger partial charge in [0.25, 0.3) is 0 Å². The molecule has 2 aromatic carbocycles. The molecule has 0 aliphatic heterocycles. The van der Waals surface area contributed by atoms with Crippen molar-refractivity contribution in [2.45, 2.75) is 31.7 Å². The van der Waals surface area contributed by atoms with Gasteiger partial charge in [0, 0.05) is 12.0 Å². The topological polar surface area (TPSA) is 41.1 Å². The molecule has 2 N–H and O–H groups in total. The summed E-state index contributed by atoms with van der Waals surface area (Å²) in [4.78, 5) is 12.5. The van der Waals surface area contributed by atoms with Crippen LogP contribution in [0.1, 0.15) is 25.0 Å². The Morgan fingerprint density at radius 1 is 1.00 bits per heavy atom. The van der Waals surface area contributed by atoms with Crippen molar-refractivity contribution in [3.63, 3.8) is 0 Å². The normalized spacial score (nSPS) is 12.7. The molecule has 3 heteroatoms. The van der Waals surface area contributed by atoms with Crippen LogP contribution in [0.2, 0.25) is 0 Å². The van der Waals surface area contributed by atoms with Crippen molar-refractivity contribution in [2.75, 3.05) is 13.6 Å². The summed E-state index contributed by atoms with van der Waals surface area (Å²) in [6.07, 6.45) is 0.689. The van der Waals surface area contributed by atoms with E-state index in [0.29, 0.717) is 13.0 Å². The summed E-state index contributed by atoms with van der Waals surface area (Å²) in [5, 5.41) is 6.21. The minimum atomic E-state index is -0.219. The monoisotopic (exact) mass is 310 g/mol. The molecular formula is C20H26N2O. The Labute approximate surface area is 139 Å². The Morgan fingerprint density at radius 3 is 2.13 bits per heavy atom. The smallest absolute Gasteiger partial charge is 0.237 e. The van der Waals surface area contributed by atoms with Gasteiger partial charge in [0.05, 0.1) is 6.04 Å². The summed E-state index contributed by atoms with van der Waals surface area (Å²) < 4.78 is 0. The maximum absolute atomic E-state index is 12.5. The van der Waals surface area contributed by atoms with Crippen LogP contribution < -0.4 is 10.6 Å². The summed E-state index contributed by atoms with van der Waals surface area (Å²) in [6, 6.07) is 20.1. The maximum Gasteiger partial charge on any atom is 0.237 e. The molecule has 122 valence electrons. The summed E-state index contributed by atoms with van der Waals surface area (Å²) in [5.74, 6) is 0.0420. The van der Waals surface area contributed by atoms with Gasteiger partial charge in [0.1, 0.15) is 0 Å². The highest BCUT2D eigenvalue weighted by atomic mass is 16.2. The van der Waals surface area contributed by atoms with Crippen LogP contribution in [-0.4, -0.2) is 25.5 Å². The molecule has 1 amide bonds. The maximum atomic E-state index is 12.5. The Kier molecular flexibility index (Phi) is 5.94. The predicted molar refractivity (Wildman–Crippen MR) is 95.5 cm³/mol. The second-order valence-corrected chi connectivity index (χ2v) is 6.50. The molecular weight excluding hydrogens is 284 g/mol. The Morgan fingerprint density at radius 2 is 1.57 bits per heavy atom. The van der Waals surface area contributed by atoms with Crippen molar-refractivity contribution >= 4 is 5.91 Å². The molecule has 0 bridgehead atoms. The third kappa shape index (κ3) is 4.93. The average Bonchev–Trinajstić information content (AvgIpc) is 2.59. The van der Waals surface area contributed by atoms with Crippen LogP contribution in [0.4, 0.5) is 0 Å². The molecule has 2 rings (SSSR count). The first-order valence-corrected chi connectivity index (χ1v) is 8.07. The fourth-order valence-electron chi connectivity index (χ4n) is 2.60. The Balaban J connectivity index is 1.94. The molecule has 2 aromatic rings. The largest absolute Gasteiger partial charge is 0.354 e. The fourth-order valence-corrected chi connectivity index (χ4v) is 2.60. The van der Waals surface area contributed by atoms with E-state index >= 15 is 0 Å². The lowest BCUT2D eigenvalue weighted by molar-refractivity contribution is -0.123. The van der Waals surface area contributed by atoms with Gasteiger partial charge in [-0.1, -0.05) is 74.5 Å². The molecule has 0 radical (unpaired) electrons. The molecule has 0 saturated carbocycles. The first-order chi connectivity index (χ1) is 11.0. The average molecular weight is 310 g/mol. The van der Waals surface area contributed by atoms with Gasteiger partial charge in [-0.2, -0.15) is 0 Å². The SMILES string of the molecule is CN[C@@H](Cc1ccccc1)C(=O)NCC(C)(C)c1ccccc1. The number of amides is 1. The summed E-state index contributed by atoms with van der Waals surface area (Å²) in [5.41, 5.74) is 2.29. The van der Waals surface area contributed by atoms with E-state index in [1.54, 1.807) is 0 Å². The van der Waals surface area contributed by atoms with Gasteiger partial charge in [0.15, 0.2) is 0 Å². The zero-order chi connectivity index (χ0) is 16.7. The van der Waals surface area contributed by atoms with Crippen LogP contribution >= 0.6 is 0 Å². The zero-order valence-corrected chi connectivity index (χ0v) is 14.2. The van der Waals surface area contributed by atoms with Gasteiger partial charge >= 0.3 is 0 Å². The van der Waals surface area contributed by atoms with E-state index in [4.69, 9.17) is 0 Å². The third-order valence-corrected chi connectivity index (χ3v) is 4.21. The van der Waals surface area contributed by atoms with Crippen molar-refractivity contribution in [1.82, 2.24) is 10.6 Å². The van der Waals surface area contributed by atoms with Gasteiger partial charge in [0.2, 0.25) is 5.91 Å². The molecule has 3 nitrogen and oxygen atoms in total. The van der Waals surface area contributed by atoms with E-state index in [9.17, 15) is 4.79 Å². The van der Waals surface area contributed by atoms with Gasteiger partial charge in [-0.05, 0) is 24.6 Å². The second kappa shape index (κ2) is 7.93. The number of likely N-dealkylation sites (N-methyl/N-ethyl adjacent to an activating group) is 1. The fraction of sp³-hybridized carbons (Fsp3) is 0.350. The molecule has 0 fully saturated rings.